The molecule has 1 aromatic heterocycles. The van der Waals surface area contributed by atoms with Crippen LogP contribution in [-0.2, 0) is 11.0 Å². The molecule has 0 aliphatic heterocycles. The van der Waals surface area contributed by atoms with Gasteiger partial charge in [-0.1, -0.05) is 21.1 Å². The zero-order valence-electron chi connectivity index (χ0n) is 10.3. The molecule has 2 rings (SSSR count). The number of halogens is 1. The fourth-order valence-electron chi connectivity index (χ4n) is 1.28. The third kappa shape index (κ3) is 2.87. The van der Waals surface area contributed by atoms with Crippen LogP contribution >= 0.6 is 15.9 Å². The zero-order chi connectivity index (χ0) is 13.3. The smallest absolute Gasteiger partial charge is 0.168 e. The molecule has 18 heavy (non-hydrogen) atoms. The van der Waals surface area contributed by atoms with Crippen molar-refractivity contribution in [3.8, 4) is 0 Å². The van der Waals surface area contributed by atoms with E-state index in [4.69, 9.17) is 4.52 Å². The summed E-state index contributed by atoms with van der Waals surface area (Å²) in [6.07, 6.45) is 1.50. The van der Waals surface area contributed by atoms with E-state index in [0.29, 0.717) is 11.3 Å². The van der Waals surface area contributed by atoms with Gasteiger partial charge in [-0.25, -0.2) is 4.21 Å². The highest BCUT2D eigenvalue weighted by molar-refractivity contribution is 9.10. The number of nitrogens with zero attached hydrogens (tertiary/aromatic N) is 2. The molecule has 6 heteroatoms. The highest BCUT2D eigenvalue weighted by Crippen LogP contribution is 2.22. The molecule has 0 radical (unpaired) electrons. The molecule has 2 aromatic rings. The Hall–Kier alpha value is -1.01. The van der Waals surface area contributed by atoms with Crippen LogP contribution in [0.25, 0.3) is 11.0 Å². The van der Waals surface area contributed by atoms with E-state index in [1.165, 1.54) is 6.21 Å². The molecule has 0 saturated heterocycles. The fraction of sp³-hybridized carbons (Fsp3) is 0.333. The number of benzene rings is 1. The number of hydrogen-bond acceptors (Lipinski definition) is 3. The number of hydrogen-bond donors (Lipinski definition) is 0. The van der Waals surface area contributed by atoms with Crippen LogP contribution in [0.5, 0.6) is 0 Å². The van der Waals surface area contributed by atoms with Crippen LogP contribution < -0.4 is 0 Å². The van der Waals surface area contributed by atoms with Crippen LogP contribution in [0.3, 0.4) is 0 Å². The lowest BCUT2D eigenvalue weighted by Crippen LogP contribution is -2.19. The second kappa shape index (κ2) is 4.93. The molecule has 0 saturated carbocycles. The van der Waals surface area contributed by atoms with Crippen molar-refractivity contribution in [2.24, 2.45) is 4.40 Å². The monoisotopic (exact) mass is 328 g/mol. The summed E-state index contributed by atoms with van der Waals surface area (Å²) in [5, 5.41) is 4.77. The van der Waals surface area contributed by atoms with Crippen molar-refractivity contribution in [3.63, 3.8) is 0 Å². The zero-order valence-corrected chi connectivity index (χ0v) is 12.7. The first-order valence-electron chi connectivity index (χ1n) is 5.39. The molecule has 1 atom stereocenters. The van der Waals surface area contributed by atoms with Crippen molar-refractivity contribution in [1.82, 2.24) is 5.16 Å². The Morgan fingerprint density at radius 2 is 2.17 bits per heavy atom. The molecule has 0 spiro atoms. The fourth-order valence-corrected chi connectivity index (χ4v) is 2.13. The second-order valence-electron chi connectivity index (χ2n) is 4.80. The predicted molar refractivity (Wildman–Crippen MR) is 77.2 cm³/mol. The minimum Gasteiger partial charge on any atom is -0.356 e. The van der Waals surface area contributed by atoms with Gasteiger partial charge in [-0.15, -0.1) is 0 Å². The summed E-state index contributed by atoms with van der Waals surface area (Å²) in [6, 6.07) is 5.62. The van der Waals surface area contributed by atoms with Gasteiger partial charge in [0.15, 0.2) is 5.58 Å². The van der Waals surface area contributed by atoms with Gasteiger partial charge in [-0.2, -0.15) is 4.40 Å². The summed E-state index contributed by atoms with van der Waals surface area (Å²) in [5.41, 5.74) is 1.27. The molecular formula is C12H13BrN2O2S. The van der Waals surface area contributed by atoms with Crippen LogP contribution in [0.1, 0.15) is 26.5 Å². The molecule has 96 valence electrons. The molecule has 1 heterocycles. The highest BCUT2D eigenvalue weighted by atomic mass is 79.9. The normalized spacial score (nSPS) is 14.4. The van der Waals surface area contributed by atoms with Gasteiger partial charge in [0.2, 0.25) is 0 Å². The standard InChI is InChI=1S/C12H13BrN2O2S/c1-12(2,3)18(16)14-7-10-9-5-4-8(13)6-11(9)17-15-10/h4-7H,1-3H3. The molecule has 1 unspecified atom stereocenters. The van der Waals surface area contributed by atoms with Crippen LogP contribution in [0.4, 0.5) is 0 Å². The van der Waals surface area contributed by atoms with Gasteiger partial charge in [-0.05, 0) is 39.0 Å². The highest BCUT2D eigenvalue weighted by Gasteiger charge is 2.18. The Morgan fingerprint density at radius 3 is 2.83 bits per heavy atom. The van der Waals surface area contributed by atoms with Gasteiger partial charge < -0.3 is 4.52 Å². The summed E-state index contributed by atoms with van der Waals surface area (Å²) in [6.45, 7) is 5.62. The van der Waals surface area contributed by atoms with E-state index in [9.17, 15) is 4.21 Å². The first-order valence-corrected chi connectivity index (χ1v) is 7.29. The van der Waals surface area contributed by atoms with E-state index in [-0.39, 0.29) is 4.75 Å². The van der Waals surface area contributed by atoms with Gasteiger partial charge in [0, 0.05) is 4.47 Å². The minimum absolute atomic E-state index is 0.376. The maximum Gasteiger partial charge on any atom is 0.168 e. The number of fused-ring (bicyclic) bond motifs is 1. The predicted octanol–water partition coefficient (Wildman–Crippen LogP) is 3.47. The lowest BCUT2D eigenvalue weighted by molar-refractivity contribution is 0.455. The molecule has 0 amide bonds. The summed E-state index contributed by atoms with van der Waals surface area (Å²) < 4.78 is 21.5. The van der Waals surface area contributed by atoms with Gasteiger partial charge in [0.25, 0.3) is 0 Å². The topological polar surface area (TPSA) is 55.5 Å². The molecular weight excluding hydrogens is 316 g/mol. The Labute approximate surface area is 116 Å². The Balaban J connectivity index is 2.33. The third-order valence-corrected chi connectivity index (χ3v) is 4.09. The molecule has 1 aromatic carbocycles. The van der Waals surface area contributed by atoms with E-state index in [0.717, 1.165) is 9.86 Å². The molecule has 0 N–H and O–H groups in total. The van der Waals surface area contributed by atoms with Gasteiger partial charge in [-0.3, -0.25) is 0 Å². The van der Waals surface area contributed by atoms with E-state index in [1.54, 1.807) is 0 Å². The Kier molecular flexibility index (Phi) is 3.68. The average molecular weight is 329 g/mol. The van der Waals surface area contributed by atoms with Gasteiger partial charge in [0.05, 0.1) is 16.3 Å². The van der Waals surface area contributed by atoms with E-state index < -0.39 is 11.0 Å². The number of aromatic nitrogens is 1. The molecule has 0 bridgehead atoms. The molecule has 0 aliphatic rings. The van der Waals surface area contributed by atoms with Crippen LogP contribution in [0.15, 0.2) is 31.6 Å². The third-order valence-electron chi connectivity index (χ3n) is 2.26. The minimum atomic E-state index is -1.29. The molecule has 0 aliphatic carbocycles. The first kappa shape index (κ1) is 13.4. The molecule has 4 nitrogen and oxygen atoms in total. The Morgan fingerprint density at radius 1 is 1.44 bits per heavy atom. The van der Waals surface area contributed by atoms with Crippen molar-refractivity contribution in [3.05, 3.63) is 28.4 Å². The second-order valence-corrected chi connectivity index (χ2v) is 7.65. The largest absolute Gasteiger partial charge is 0.356 e. The summed E-state index contributed by atoms with van der Waals surface area (Å²) in [4.78, 5) is 0. The lowest BCUT2D eigenvalue weighted by atomic mass is 10.2. The number of rotatable bonds is 2. The maximum atomic E-state index is 11.8. The van der Waals surface area contributed by atoms with E-state index in [1.807, 2.05) is 39.0 Å². The Bertz CT molecular complexity index is 629. The average Bonchev–Trinajstić information content (AvgIpc) is 2.66. The van der Waals surface area contributed by atoms with Crippen molar-refractivity contribution < 1.29 is 8.73 Å². The summed E-state index contributed by atoms with van der Waals surface area (Å²) in [7, 11) is -1.29. The molecule has 0 fully saturated rings. The van der Waals surface area contributed by atoms with E-state index in [2.05, 4.69) is 25.5 Å². The van der Waals surface area contributed by atoms with Crippen molar-refractivity contribution >= 4 is 44.1 Å². The van der Waals surface area contributed by atoms with Crippen LogP contribution in [0, 0.1) is 0 Å². The maximum absolute atomic E-state index is 11.8. The quantitative estimate of drug-likeness (QED) is 0.793. The first-order chi connectivity index (χ1) is 8.38. The SMILES string of the molecule is CC(C)(C)S(=O)N=Cc1noc2cc(Br)ccc12. The van der Waals surface area contributed by atoms with E-state index >= 15 is 0 Å². The van der Waals surface area contributed by atoms with Crippen LogP contribution in [-0.4, -0.2) is 20.3 Å². The summed E-state index contributed by atoms with van der Waals surface area (Å²) >= 11 is 3.36. The summed E-state index contributed by atoms with van der Waals surface area (Å²) in [5.74, 6) is 0. The van der Waals surface area contributed by atoms with Gasteiger partial charge in [0.1, 0.15) is 16.7 Å². The van der Waals surface area contributed by atoms with Crippen molar-refractivity contribution in [2.75, 3.05) is 0 Å². The van der Waals surface area contributed by atoms with Gasteiger partial charge >= 0.3 is 0 Å². The lowest BCUT2D eigenvalue weighted by Gasteiger charge is -2.12. The van der Waals surface area contributed by atoms with Crippen molar-refractivity contribution in [2.45, 2.75) is 25.5 Å². The van der Waals surface area contributed by atoms with Crippen LogP contribution in [0.2, 0.25) is 0 Å². The van der Waals surface area contributed by atoms with Crippen molar-refractivity contribution in [1.29, 1.82) is 0 Å².